The maximum atomic E-state index is 12.6. The first-order valence-electron chi connectivity index (χ1n) is 8.97. The van der Waals surface area contributed by atoms with Gasteiger partial charge in [0, 0.05) is 30.4 Å². The molecular weight excluding hydrogens is 308 g/mol. The van der Waals surface area contributed by atoms with Crippen molar-refractivity contribution in [3.8, 4) is 0 Å². The Morgan fingerprint density at radius 1 is 1.26 bits per heavy atom. The lowest BCUT2D eigenvalue weighted by Gasteiger charge is -2.34. The second-order valence-electron chi connectivity index (χ2n) is 7.84. The maximum absolute atomic E-state index is 12.6. The molecule has 1 saturated heterocycles. The van der Waals surface area contributed by atoms with Crippen LogP contribution < -0.4 is 5.32 Å². The highest BCUT2D eigenvalue weighted by Gasteiger charge is 2.30. The summed E-state index contributed by atoms with van der Waals surface area (Å²) in [5.41, 5.74) is -0.426. The van der Waals surface area contributed by atoms with Crippen molar-refractivity contribution in [3.05, 3.63) is 0 Å². The second-order valence-corrected chi connectivity index (χ2v) is 8.75. The summed E-state index contributed by atoms with van der Waals surface area (Å²) in [6.45, 7) is 11.1. The van der Waals surface area contributed by atoms with Crippen LogP contribution in [0.2, 0.25) is 0 Å². The number of carbonyl (C=O) groups is 1. The van der Waals surface area contributed by atoms with Gasteiger partial charge in [0.2, 0.25) is 0 Å². The van der Waals surface area contributed by atoms with Crippen molar-refractivity contribution >= 4 is 17.9 Å². The lowest BCUT2D eigenvalue weighted by Crippen LogP contribution is -2.47. The minimum atomic E-state index is -0.426. The van der Waals surface area contributed by atoms with Crippen LogP contribution in [-0.2, 0) is 4.74 Å². The number of nitrogens with zero attached hydrogens (tertiary/aromatic N) is 1. The summed E-state index contributed by atoms with van der Waals surface area (Å²) >= 11 is 1.87. The Morgan fingerprint density at radius 2 is 1.96 bits per heavy atom. The first-order valence-corrected chi connectivity index (χ1v) is 10.4. The predicted molar refractivity (Wildman–Crippen MR) is 100 cm³/mol. The number of rotatable bonds is 6. The Labute approximate surface area is 147 Å². The first-order chi connectivity index (χ1) is 10.7. The van der Waals surface area contributed by atoms with Gasteiger partial charge in [0.25, 0.3) is 0 Å². The van der Waals surface area contributed by atoms with Gasteiger partial charge in [-0.2, -0.15) is 11.8 Å². The molecule has 0 saturated carbocycles. The average molecular weight is 345 g/mol. The Morgan fingerprint density at radius 3 is 2.57 bits per heavy atom. The number of amides is 1. The Hall–Kier alpha value is -0.420. The molecular formula is C18H36N2O2S. The van der Waals surface area contributed by atoms with E-state index in [-0.39, 0.29) is 12.1 Å². The van der Waals surface area contributed by atoms with Crippen LogP contribution >= 0.6 is 11.8 Å². The summed E-state index contributed by atoms with van der Waals surface area (Å²) in [5.74, 6) is 1.12. The van der Waals surface area contributed by atoms with Crippen molar-refractivity contribution in [2.24, 2.45) is 0 Å². The zero-order valence-electron chi connectivity index (χ0n) is 15.9. The van der Waals surface area contributed by atoms with E-state index in [1.165, 1.54) is 12.8 Å². The zero-order valence-corrected chi connectivity index (χ0v) is 16.7. The molecule has 0 aromatic carbocycles. The molecule has 1 aliphatic rings. The van der Waals surface area contributed by atoms with Crippen molar-refractivity contribution in [1.29, 1.82) is 0 Å². The Balaban J connectivity index is 2.64. The summed E-state index contributed by atoms with van der Waals surface area (Å²) in [7, 11) is 0. The van der Waals surface area contributed by atoms with E-state index in [4.69, 9.17) is 4.74 Å². The standard InChI is InChI=1S/C18H36N2O2S/c1-14(19-15(2)13-23-6)12-16-10-8-7-9-11-20(16)17(21)22-18(3,4)5/h14-16,19H,7-13H2,1-6H3. The van der Waals surface area contributed by atoms with Gasteiger partial charge in [0.15, 0.2) is 0 Å². The topological polar surface area (TPSA) is 41.6 Å². The molecule has 1 fully saturated rings. The van der Waals surface area contributed by atoms with Crippen LogP contribution in [-0.4, -0.2) is 53.3 Å². The number of carbonyl (C=O) groups excluding carboxylic acids is 1. The molecule has 1 N–H and O–H groups in total. The molecule has 0 radical (unpaired) electrons. The molecule has 3 atom stereocenters. The van der Waals surface area contributed by atoms with E-state index in [0.717, 1.165) is 31.6 Å². The smallest absolute Gasteiger partial charge is 0.410 e. The van der Waals surface area contributed by atoms with E-state index in [2.05, 4.69) is 25.4 Å². The molecule has 1 aliphatic heterocycles. The van der Waals surface area contributed by atoms with E-state index in [1.807, 2.05) is 37.4 Å². The van der Waals surface area contributed by atoms with Crippen LogP contribution in [0.3, 0.4) is 0 Å². The largest absolute Gasteiger partial charge is 0.444 e. The molecule has 0 aromatic heterocycles. The number of likely N-dealkylation sites (tertiary alicyclic amines) is 1. The lowest BCUT2D eigenvalue weighted by molar-refractivity contribution is 0.0150. The first kappa shape index (κ1) is 20.6. The van der Waals surface area contributed by atoms with Gasteiger partial charge in [-0.15, -0.1) is 0 Å². The fraction of sp³-hybridized carbons (Fsp3) is 0.944. The maximum Gasteiger partial charge on any atom is 0.410 e. The van der Waals surface area contributed by atoms with Crippen molar-refractivity contribution in [3.63, 3.8) is 0 Å². The highest BCUT2D eigenvalue weighted by Crippen LogP contribution is 2.23. The average Bonchev–Trinajstić information content (AvgIpc) is 2.62. The van der Waals surface area contributed by atoms with Gasteiger partial charge >= 0.3 is 6.09 Å². The van der Waals surface area contributed by atoms with Crippen LogP contribution in [0.15, 0.2) is 0 Å². The summed E-state index contributed by atoms with van der Waals surface area (Å²) in [5, 5.41) is 3.66. The van der Waals surface area contributed by atoms with E-state index < -0.39 is 5.60 Å². The van der Waals surface area contributed by atoms with Gasteiger partial charge in [-0.1, -0.05) is 12.8 Å². The molecule has 0 bridgehead atoms. The summed E-state index contributed by atoms with van der Waals surface area (Å²) in [6, 6.07) is 1.20. The summed E-state index contributed by atoms with van der Waals surface area (Å²) < 4.78 is 5.63. The highest BCUT2D eigenvalue weighted by atomic mass is 32.2. The number of nitrogens with one attached hydrogen (secondary N) is 1. The Bertz CT molecular complexity index is 357. The lowest BCUT2D eigenvalue weighted by atomic mass is 10.0. The summed E-state index contributed by atoms with van der Waals surface area (Å²) in [6.07, 6.45) is 7.57. The SMILES string of the molecule is CSCC(C)NC(C)CC1CCCCCN1C(=O)OC(C)(C)C. The fourth-order valence-corrected chi connectivity index (χ4v) is 3.84. The number of thioether (sulfide) groups is 1. The quantitative estimate of drug-likeness (QED) is 0.780. The number of ether oxygens (including phenoxy) is 1. The molecule has 1 rings (SSSR count). The van der Waals surface area contributed by atoms with Crippen LogP contribution in [0.1, 0.15) is 66.7 Å². The van der Waals surface area contributed by atoms with Gasteiger partial charge in [0.05, 0.1) is 0 Å². The zero-order chi connectivity index (χ0) is 17.5. The third-order valence-electron chi connectivity index (χ3n) is 4.12. The molecule has 136 valence electrons. The van der Waals surface area contributed by atoms with Crippen molar-refractivity contribution in [1.82, 2.24) is 10.2 Å². The molecule has 1 amide bonds. The molecule has 3 unspecified atom stereocenters. The van der Waals surface area contributed by atoms with E-state index in [9.17, 15) is 4.79 Å². The van der Waals surface area contributed by atoms with Crippen LogP contribution in [0.5, 0.6) is 0 Å². The van der Waals surface area contributed by atoms with Crippen LogP contribution in [0.4, 0.5) is 4.79 Å². The van der Waals surface area contributed by atoms with E-state index >= 15 is 0 Å². The molecule has 23 heavy (non-hydrogen) atoms. The van der Waals surface area contributed by atoms with Crippen molar-refractivity contribution < 1.29 is 9.53 Å². The van der Waals surface area contributed by atoms with E-state index in [1.54, 1.807) is 0 Å². The third kappa shape index (κ3) is 8.30. The molecule has 0 spiro atoms. The van der Waals surface area contributed by atoms with Crippen LogP contribution in [0.25, 0.3) is 0 Å². The normalized spacial score (nSPS) is 22.3. The van der Waals surface area contributed by atoms with Gasteiger partial charge in [-0.05, 0) is 60.1 Å². The summed E-state index contributed by atoms with van der Waals surface area (Å²) in [4.78, 5) is 14.5. The Kier molecular flexibility index (Phi) is 8.76. The fourth-order valence-electron chi connectivity index (χ4n) is 3.24. The predicted octanol–water partition coefficient (Wildman–Crippen LogP) is 4.29. The van der Waals surface area contributed by atoms with E-state index in [0.29, 0.717) is 12.1 Å². The third-order valence-corrected chi connectivity index (χ3v) is 4.95. The molecule has 0 aliphatic carbocycles. The number of hydrogen-bond acceptors (Lipinski definition) is 4. The molecule has 0 aromatic rings. The van der Waals surface area contributed by atoms with Crippen LogP contribution in [0, 0.1) is 0 Å². The van der Waals surface area contributed by atoms with Gasteiger partial charge in [-0.3, -0.25) is 0 Å². The second kappa shape index (κ2) is 9.77. The van der Waals surface area contributed by atoms with Gasteiger partial charge in [0.1, 0.15) is 5.60 Å². The molecule has 4 nitrogen and oxygen atoms in total. The molecule has 1 heterocycles. The highest BCUT2D eigenvalue weighted by molar-refractivity contribution is 7.98. The minimum Gasteiger partial charge on any atom is -0.444 e. The van der Waals surface area contributed by atoms with Gasteiger partial charge in [-0.25, -0.2) is 4.79 Å². The minimum absolute atomic E-state index is 0.145. The van der Waals surface area contributed by atoms with Gasteiger partial charge < -0.3 is 15.0 Å². The number of hydrogen-bond donors (Lipinski definition) is 1. The van der Waals surface area contributed by atoms with Crippen molar-refractivity contribution in [2.75, 3.05) is 18.6 Å². The van der Waals surface area contributed by atoms with Crippen molar-refractivity contribution in [2.45, 2.75) is 90.4 Å². The monoisotopic (exact) mass is 344 g/mol. The molecule has 5 heteroatoms.